The van der Waals surface area contributed by atoms with Crippen molar-refractivity contribution < 1.29 is 25.0 Å². The molecule has 0 unspecified atom stereocenters. The molecule has 4 heteroatoms. The summed E-state index contributed by atoms with van der Waals surface area (Å²) in [5.74, 6) is 0. The standard InChI is InChI=1S/C6H7ClIO2/c7-8(9,10)6-4-2-1-3-5-6/h1-5,9-10H/q-1. The predicted octanol–water partition coefficient (Wildman–Crippen LogP) is -2.01. The van der Waals surface area contributed by atoms with E-state index in [-0.39, 0.29) is 0 Å². The molecule has 0 heterocycles. The van der Waals surface area contributed by atoms with Crippen molar-refractivity contribution in [2.75, 3.05) is 0 Å². The zero-order valence-electron chi connectivity index (χ0n) is 5.04. The fourth-order valence-corrected chi connectivity index (χ4v) is 2.54. The molecule has 0 aromatic heterocycles. The first-order valence-electron chi connectivity index (χ1n) is 2.58. The van der Waals surface area contributed by atoms with Crippen LogP contribution in [0.5, 0.6) is 0 Å². The molecule has 0 spiro atoms. The van der Waals surface area contributed by atoms with E-state index < -0.39 is 18.1 Å². The maximum absolute atomic E-state index is 8.99. The molecule has 1 aromatic carbocycles. The van der Waals surface area contributed by atoms with Crippen LogP contribution in [0.1, 0.15) is 0 Å². The molecule has 0 aliphatic rings. The minimum absolute atomic E-state index is 0.455. The normalized spacial score (nSPS) is 13.1. The Balaban J connectivity index is 2.97. The van der Waals surface area contributed by atoms with Gasteiger partial charge in [-0.3, -0.25) is 0 Å². The van der Waals surface area contributed by atoms with Crippen molar-refractivity contribution in [2.24, 2.45) is 0 Å². The van der Waals surface area contributed by atoms with Gasteiger partial charge in [-0.25, -0.2) is 0 Å². The number of halogens is 2. The summed E-state index contributed by atoms with van der Waals surface area (Å²) < 4.78 is 18.4. The molecule has 0 fully saturated rings. The SMILES string of the molecule is O[I-](O)(Cl)c1ccccc1. The van der Waals surface area contributed by atoms with Gasteiger partial charge in [0.1, 0.15) is 0 Å². The Morgan fingerprint density at radius 1 is 1.10 bits per heavy atom. The molecular weight excluding hydrogens is 266 g/mol. The topological polar surface area (TPSA) is 40.5 Å². The summed E-state index contributed by atoms with van der Waals surface area (Å²) in [7, 11) is 5.35. The third kappa shape index (κ3) is 2.09. The molecule has 2 N–H and O–H groups in total. The molecule has 1 aromatic rings. The van der Waals surface area contributed by atoms with Gasteiger partial charge >= 0.3 is 67.8 Å². The summed E-state index contributed by atoms with van der Waals surface area (Å²) in [6.07, 6.45) is 0. The van der Waals surface area contributed by atoms with Gasteiger partial charge in [-0.2, -0.15) is 0 Å². The summed E-state index contributed by atoms with van der Waals surface area (Å²) in [5.41, 5.74) is 0. The molecule has 0 aliphatic heterocycles. The zero-order chi connectivity index (χ0) is 7.61. The summed E-state index contributed by atoms with van der Waals surface area (Å²) in [6.45, 7) is 0. The monoisotopic (exact) mass is 273 g/mol. The minimum atomic E-state index is -3.95. The Kier molecular flexibility index (Phi) is 2.51. The molecule has 0 saturated heterocycles. The van der Waals surface area contributed by atoms with Crippen LogP contribution in [-0.4, -0.2) is 6.87 Å². The quantitative estimate of drug-likeness (QED) is 0.580. The van der Waals surface area contributed by atoms with E-state index in [2.05, 4.69) is 0 Å². The molecule has 0 saturated carbocycles. The van der Waals surface area contributed by atoms with Gasteiger partial charge in [0.2, 0.25) is 0 Å². The van der Waals surface area contributed by atoms with E-state index >= 15 is 0 Å². The number of benzene rings is 1. The molecule has 1 rings (SSSR count). The predicted molar refractivity (Wildman–Crippen MR) is 35.4 cm³/mol. The van der Waals surface area contributed by atoms with E-state index in [1.165, 1.54) is 0 Å². The fraction of sp³-hybridized carbons (Fsp3) is 0. The van der Waals surface area contributed by atoms with Crippen LogP contribution in [0.4, 0.5) is 0 Å². The van der Waals surface area contributed by atoms with Crippen LogP contribution in [-0.2, 0) is 0 Å². The Morgan fingerprint density at radius 2 is 1.60 bits per heavy atom. The van der Waals surface area contributed by atoms with Crippen molar-refractivity contribution in [1.82, 2.24) is 0 Å². The van der Waals surface area contributed by atoms with Gasteiger partial charge < -0.3 is 0 Å². The van der Waals surface area contributed by atoms with Crippen molar-refractivity contribution in [1.29, 1.82) is 0 Å². The third-order valence-electron chi connectivity index (χ3n) is 1.01. The molecule has 0 aliphatic carbocycles. The van der Waals surface area contributed by atoms with Gasteiger partial charge in [-0.1, -0.05) is 0 Å². The van der Waals surface area contributed by atoms with E-state index in [1.54, 1.807) is 30.3 Å². The first kappa shape index (κ1) is 8.26. The number of hydrogen-bond donors (Lipinski definition) is 2. The van der Waals surface area contributed by atoms with Crippen LogP contribution in [0.2, 0.25) is 0 Å². The zero-order valence-corrected chi connectivity index (χ0v) is 7.95. The van der Waals surface area contributed by atoms with Gasteiger partial charge in [-0.15, -0.1) is 0 Å². The van der Waals surface area contributed by atoms with Crippen LogP contribution < -0.4 is 18.1 Å². The molecule has 2 nitrogen and oxygen atoms in total. The Labute approximate surface area is 67.8 Å². The summed E-state index contributed by atoms with van der Waals surface area (Å²) in [5, 5.41) is 0. The Bertz CT molecular complexity index is 207. The molecule has 0 amide bonds. The third-order valence-corrected chi connectivity index (χ3v) is 4.42. The maximum atomic E-state index is 8.99. The Hall–Kier alpha value is 0.160. The van der Waals surface area contributed by atoms with Gasteiger partial charge in [0.05, 0.1) is 0 Å². The van der Waals surface area contributed by atoms with Crippen molar-refractivity contribution in [2.45, 2.75) is 0 Å². The van der Waals surface area contributed by atoms with E-state index in [0.717, 1.165) is 0 Å². The molecule has 0 atom stereocenters. The van der Waals surface area contributed by atoms with Gasteiger partial charge in [-0.05, 0) is 0 Å². The second kappa shape index (κ2) is 3.04. The molecule has 10 heavy (non-hydrogen) atoms. The average Bonchev–Trinajstić information content (AvgIpc) is 1.88. The van der Waals surface area contributed by atoms with Crippen molar-refractivity contribution in [3.05, 3.63) is 33.9 Å². The second-order valence-electron chi connectivity index (χ2n) is 1.74. The van der Waals surface area contributed by atoms with E-state index in [4.69, 9.17) is 15.8 Å². The Morgan fingerprint density at radius 3 is 1.90 bits per heavy atom. The molecule has 58 valence electrons. The molecule has 0 bridgehead atoms. The first-order valence-corrected chi connectivity index (χ1v) is 8.32. The van der Waals surface area contributed by atoms with Crippen molar-refractivity contribution >= 4 is 8.91 Å². The van der Waals surface area contributed by atoms with Crippen LogP contribution in [0.3, 0.4) is 0 Å². The second-order valence-corrected chi connectivity index (χ2v) is 8.19. The van der Waals surface area contributed by atoms with Crippen molar-refractivity contribution in [3.8, 4) is 0 Å². The van der Waals surface area contributed by atoms with Crippen molar-refractivity contribution in [3.63, 3.8) is 0 Å². The van der Waals surface area contributed by atoms with Gasteiger partial charge in [0.15, 0.2) is 0 Å². The van der Waals surface area contributed by atoms with Crippen LogP contribution in [0, 0.1) is 3.57 Å². The molecule has 0 radical (unpaired) electrons. The summed E-state index contributed by atoms with van der Waals surface area (Å²) in [4.78, 5) is 0. The number of rotatable bonds is 1. The van der Waals surface area contributed by atoms with Crippen LogP contribution in [0.15, 0.2) is 30.3 Å². The van der Waals surface area contributed by atoms with Gasteiger partial charge in [0, 0.05) is 0 Å². The van der Waals surface area contributed by atoms with Crippen LogP contribution in [0.25, 0.3) is 0 Å². The molecular formula is C6H7ClIO2-. The first-order chi connectivity index (χ1) is 4.61. The number of hydrogen-bond acceptors (Lipinski definition) is 2. The average molecular weight is 273 g/mol. The van der Waals surface area contributed by atoms with Crippen LogP contribution >= 0.6 is 8.91 Å². The van der Waals surface area contributed by atoms with Gasteiger partial charge in [0.25, 0.3) is 0 Å². The fourth-order valence-electron chi connectivity index (χ4n) is 0.575. The van der Waals surface area contributed by atoms with E-state index in [9.17, 15) is 0 Å². The van der Waals surface area contributed by atoms with E-state index in [0.29, 0.717) is 3.57 Å². The summed E-state index contributed by atoms with van der Waals surface area (Å²) in [6, 6.07) is 8.48. The van der Waals surface area contributed by atoms with E-state index in [1.807, 2.05) is 0 Å². The summed E-state index contributed by atoms with van der Waals surface area (Å²) >= 11 is -3.95.